The predicted octanol–water partition coefficient (Wildman–Crippen LogP) is 5.03. The van der Waals surface area contributed by atoms with Gasteiger partial charge in [-0.15, -0.1) is 0 Å². The van der Waals surface area contributed by atoms with Gasteiger partial charge in [-0.25, -0.2) is 9.98 Å². The fourth-order valence-electron chi connectivity index (χ4n) is 1.69. The van der Waals surface area contributed by atoms with Gasteiger partial charge in [-0.1, -0.05) is 48.2 Å². The van der Waals surface area contributed by atoms with E-state index in [1.54, 1.807) is 6.20 Å². The summed E-state index contributed by atoms with van der Waals surface area (Å²) in [5.74, 6) is 1.06. The van der Waals surface area contributed by atoms with Crippen molar-refractivity contribution in [2.45, 2.75) is 20.5 Å². The second-order valence-corrected chi connectivity index (χ2v) is 6.88. The molecule has 1 aromatic heterocycles. The summed E-state index contributed by atoms with van der Waals surface area (Å²) in [6.45, 7) is 4.39. The SMILES string of the molecule is C/C=C(\C)S/C(N)=N\c1ncc(Br)cc1OCc1ccccc1. The molecule has 0 aliphatic rings. The normalized spacial score (nSPS) is 12.3. The number of allylic oxidation sites excluding steroid dienone is 2. The van der Waals surface area contributed by atoms with Crippen LogP contribution in [0.3, 0.4) is 0 Å². The second-order valence-electron chi connectivity index (χ2n) is 4.70. The van der Waals surface area contributed by atoms with Crippen molar-refractivity contribution in [3.05, 3.63) is 63.6 Å². The lowest BCUT2D eigenvalue weighted by Gasteiger charge is -2.09. The van der Waals surface area contributed by atoms with E-state index in [1.807, 2.05) is 56.3 Å². The number of pyridine rings is 1. The summed E-state index contributed by atoms with van der Waals surface area (Å²) in [7, 11) is 0. The second kappa shape index (κ2) is 8.74. The van der Waals surface area contributed by atoms with Crippen LogP contribution in [0.1, 0.15) is 19.4 Å². The van der Waals surface area contributed by atoms with Gasteiger partial charge in [-0.05, 0) is 46.3 Å². The highest BCUT2D eigenvalue weighted by Crippen LogP contribution is 2.30. The van der Waals surface area contributed by atoms with Gasteiger partial charge in [0, 0.05) is 10.7 Å². The first-order valence-corrected chi connectivity index (χ1v) is 8.66. The average molecular weight is 392 g/mol. The summed E-state index contributed by atoms with van der Waals surface area (Å²) < 4.78 is 6.69. The largest absolute Gasteiger partial charge is 0.485 e. The van der Waals surface area contributed by atoms with Gasteiger partial charge in [0.25, 0.3) is 0 Å². The lowest BCUT2D eigenvalue weighted by molar-refractivity contribution is 0.306. The average Bonchev–Trinajstić information content (AvgIpc) is 2.55. The minimum absolute atomic E-state index is 0.431. The molecule has 0 atom stereocenters. The minimum atomic E-state index is 0.431. The number of nitrogens with zero attached hydrogens (tertiary/aromatic N) is 2. The number of hydrogen-bond acceptors (Lipinski definition) is 4. The third-order valence-electron chi connectivity index (χ3n) is 2.92. The van der Waals surface area contributed by atoms with Gasteiger partial charge < -0.3 is 10.5 Å². The maximum absolute atomic E-state index is 5.96. The van der Waals surface area contributed by atoms with E-state index >= 15 is 0 Å². The Balaban J connectivity index is 2.18. The molecule has 0 bridgehead atoms. The first kappa shape index (κ1) is 17.6. The van der Waals surface area contributed by atoms with E-state index in [-0.39, 0.29) is 0 Å². The van der Waals surface area contributed by atoms with E-state index in [9.17, 15) is 0 Å². The van der Waals surface area contributed by atoms with Crippen LogP contribution in [0, 0.1) is 0 Å². The van der Waals surface area contributed by atoms with Crippen LogP contribution < -0.4 is 10.5 Å². The van der Waals surface area contributed by atoms with Crippen LogP contribution in [0.15, 0.2) is 63.0 Å². The molecule has 2 rings (SSSR count). The van der Waals surface area contributed by atoms with Gasteiger partial charge in [-0.2, -0.15) is 0 Å². The summed E-state index contributed by atoms with van der Waals surface area (Å²) in [6.07, 6.45) is 3.66. The first-order chi connectivity index (χ1) is 11.1. The van der Waals surface area contributed by atoms with Crippen LogP contribution in [0.25, 0.3) is 0 Å². The number of nitrogens with two attached hydrogens (primary N) is 1. The standard InChI is InChI=1S/C17H18BrN3OS/c1-3-12(2)23-17(19)21-16-15(9-14(18)10-20-16)22-11-13-7-5-4-6-8-13/h3-10H,11H2,1-2H3,(H2,19,20,21)/b12-3+. The summed E-state index contributed by atoms with van der Waals surface area (Å²) in [5, 5.41) is 0.431. The van der Waals surface area contributed by atoms with E-state index in [0.717, 1.165) is 14.9 Å². The molecule has 0 aliphatic carbocycles. The van der Waals surface area contributed by atoms with Crippen LogP contribution in [0.5, 0.6) is 5.75 Å². The fraction of sp³-hybridized carbons (Fsp3) is 0.176. The first-order valence-electron chi connectivity index (χ1n) is 7.05. The molecule has 0 amide bonds. The van der Waals surface area contributed by atoms with Crippen molar-refractivity contribution in [3.8, 4) is 5.75 Å². The smallest absolute Gasteiger partial charge is 0.197 e. The molecular weight excluding hydrogens is 374 g/mol. The van der Waals surface area contributed by atoms with Crippen LogP contribution >= 0.6 is 27.7 Å². The Morgan fingerprint density at radius 3 is 2.83 bits per heavy atom. The summed E-state index contributed by atoms with van der Waals surface area (Å²) in [4.78, 5) is 9.73. The van der Waals surface area contributed by atoms with Gasteiger partial charge in [0.2, 0.25) is 0 Å². The predicted molar refractivity (Wildman–Crippen MR) is 101 cm³/mol. The Hall–Kier alpha value is -1.79. The van der Waals surface area contributed by atoms with Crippen LogP contribution in [0.2, 0.25) is 0 Å². The van der Waals surface area contributed by atoms with Crippen molar-refractivity contribution in [1.29, 1.82) is 0 Å². The number of ether oxygens (including phenoxy) is 1. The van der Waals surface area contributed by atoms with Crippen molar-refractivity contribution >= 4 is 38.7 Å². The molecule has 0 aliphatic heterocycles. The van der Waals surface area contributed by atoms with Crippen LogP contribution in [0.4, 0.5) is 5.82 Å². The monoisotopic (exact) mass is 391 g/mol. The molecule has 0 unspecified atom stereocenters. The van der Waals surface area contributed by atoms with E-state index in [1.165, 1.54) is 11.8 Å². The lowest BCUT2D eigenvalue weighted by atomic mass is 10.2. The van der Waals surface area contributed by atoms with Gasteiger partial charge in [0.05, 0.1) is 0 Å². The third kappa shape index (κ3) is 5.73. The van der Waals surface area contributed by atoms with Crippen molar-refractivity contribution in [2.75, 3.05) is 0 Å². The third-order valence-corrected chi connectivity index (χ3v) is 4.22. The molecule has 4 nitrogen and oxygen atoms in total. The highest BCUT2D eigenvalue weighted by molar-refractivity contribution is 9.10. The number of halogens is 1. The van der Waals surface area contributed by atoms with Crippen molar-refractivity contribution in [1.82, 2.24) is 4.98 Å². The quantitative estimate of drug-likeness (QED) is 0.573. The number of rotatable bonds is 5. The van der Waals surface area contributed by atoms with E-state index in [4.69, 9.17) is 10.5 Å². The van der Waals surface area contributed by atoms with Gasteiger partial charge in [0.1, 0.15) is 6.61 Å². The molecule has 0 spiro atoms. The number of hydrogen-bond donors (Lipinski definition) is 1. The van der Waals surface area contributed by atoms with Crippen molar-refractivity contribution < 1.29 is 4.74 Å². The minimum Gasteiger partial charge on any atom is -0.485 e. The maximum Gasteiger partial charge on any atom is 0.197 e. The van der Waals surface area contributed by atoms with E-state index in [2.05, 4.69) is 25.9 Å². The van der Waals surface area contributed by atoms with Crippen molar-refractivity contribution in [2.24, 2.45) is 10.7 Å². The maximum atomic E-state index is 5.96. The van der Waals surface area contributed by atoms with Crippen molar-refractivity contribution in [3.63, 3.8) is 0 Å². The highest BCUT2D eigenvalue weighted by Gasteiger charge is 2.08. The molecule has 6 heteroatoms. The molecule has 2 aromatic rings. The number of benzene rings is 1. The zero-order valence-corrected chi connectivity index (χ0v) is 15.4. The molecule has 0 saturated carbocycles. The summed E-state index contributed by atoms with van der Waals surface area (Å²) >= 11 is 4.81. The fourth-order valence-corrected chi connectivity index (χ4v) is 2.58. The number of aliphatic imine (C=N–C) groups is 1. The molecule has 1 heterocycles. The zero-order valence-electron chi connectivity index (χ0n) is 13.0. The molecule has 0 fully saturated rings. The molecule has 1 aromatic carbocycles. The van der Waals surface area contributed by atoms with E-state index < -0.39 is 0 Å². The van der Waals surface area contributed by atoms with Crippen LogP contribution in [-0.4, -0.2) is 10.2 Å². The topological polar surface area (TPSA) is 60.5 Å². The summed E-state index contributed by atoms with van der Waals surface area (Å²) in [5.41, 5.74) is 7.04. The molecule has 2 N–H and O–H groups in total. The Kier molecular flexibility index (Phi) is 6.67. The Bertz CT molecular complexity index is 717. The van der Waals surface area contributed by atoms with Gasteiger partial charge in [0.15, 0.2) is 16.7 Å². The molecule has 120 valence electrons. The number of thioether (sulfide) groups is 1. The zero-order chi connectivity index (χ0) is 16.7. The van der Waals surface area contributed by atoms with Gasteiger partial charge >= 0.3 is 0 Å². The molecule has 23 heavy (non-hydrogen) atoms. The summed E-state index contributed by atoms with van der Waals surface area (Å²) in [6, 6.07) is 11.8. The molecule has 0 saturated heterocycles. The number of amidine groups is 1. The molecular formula is C17H18BrN3OS. The number of aromatic nitrogens is 1. The van der Waals surface area contributed by atoms with Crippen LogP contribution in [-0.2, 0) is 6.61 Å². The van der Waals surface area contributed by atoms with E-state index in [0.29, 0.717) is 23.3 Å². The lowest BCUT2D eigenvalue weighted by Crippen LogP contribution is -2.06. The highest BCUT2D eigenvalue weighted by atomic mass is 79.9. The molecule has 0 radical (unpaired) electrons. The van der Waals surface area contributed by atoms with Gasteiger partial charge in [-0.3, -0.25) is 0 Å². The Labute approximate surface area is 149 Å². The Morgan fingerprint density at radius 1 is 1.39 bits per heavy atom. The Morgan fingerprint density at radius 2 is 2.13 bits per heavy atom.